The van der Waals surface area contributed by atoms with Crippen molar-refractivity contribution < 1.29 is 0 Å². The monoisotopic (exact) mass is 270 g/mol. The van der Waals surface area contributed by atoms with Gasteiger partial charge in [-0.2, -0.15) is 0 Å². The lowest BCUT2D eigenvalue weighted by Gasteiger charge is -2.24. The maximum Gasteiger partial charge on any atom is 0.133 e. The molecule has 5 heteroatoms. The van der Waals surface area contributed by atoms with Gasteiger partial charge in [-0.15, -0.1) is 0 Å². The summed E-state index contributed by atoms with van der Waals surface area (Å²) in [5.41, 5.74) is 6.39. The number of nitrogens with two attached hydrogens (primary N) is 1. The smallest absolute Gasteiger partial charge is 0.133 e. The first-order valence-electron chi connectivity index (χ1n) is 6.21. The van der Waals surface area contributed by atoms with Gasteiger partial charge in [0.05, 0.1) is 0 Å². The summed E-state index contributed by atoms with van der Waals surface area (Å²) in [7, 11) is 4.13. The van der Waals surface area contributed by atoms with Crippen molar-refractivity contribution in [1.82, 2.24) is 9.88 Å². The molecule has 3 N–H and O–H groups in total. The van der Waals surface area contributed by atoms with E-state index in [9.17, 15) is 0 Å². The van der Waals surface area contributed by atoms with Crippen LogP contribution in [0.3, 0.4) is 0 Å². The molecule has 0 aromatic carbocycles. The van der Waals surface area contributed by atoms with Crippen molar-refractivity contribution in [2.45, 2.75) is 26.3 Å². The number of nitrogens with one attached hydrogen (secondary N) is 1. The molecule has 0 bridgehead atoms. The highest BCUT2D eigenvalue weighted by atomic mass is 35.5. The summed E-state index contributed by atoms with van der Waals surface area (Å²) in [6.45, 7) is 5.38. The average Bonchev–Trinajstić information content (AvgIpc) is 2.12. The molecule has 18 heavy (non-hydrogen) atoms. The number of likely N-dealkylation sites (N-methyl/N-ethyl adjacent to an activating group) is 1. The van der Waals surface area contributed by atoms with E-state index in [4.69, 9.17) is 17.3 Å². The van der Waals surface area contributed by atoms with Crippen LogP contribution >= 0.6 is 11.6 Å². The maximum atomic E-state index is 5.90. The molecule has 102 valence electrons. The van der Waals surface area contributed by atoms with Crippen LogP contribution in [-0.2, 0) is 0 Å². The van der Waals surface area contributed by atoms with Crippen molar-refractivity contribution in [2.24, 2.45) is 5.92 Å². The Balaban J connectivity index is 2.74. The van der Waals surface area contributed by atoms with Crippen LogP contribution in [0.1, 0.15) is 20.3 Å². The van der Waals surface area contributed by atoms with Gasteiger partial charge in [-0.05, 0) is 32.5 Å². The van der Waals surface area contributed by atoms with Gasteiger partial charge < -0.3 is 16.0 Å². The van der Waals surface area contributed by atoms with Crippen LogP contribution in [0.15, 0.2) is 12.1 Å². The molecular weight excluding hydrogens is 248 g/mol. The Bertz CT molecular complexity index is 349. The molecule has 1 aromatic rings. The van der Waals surface area contributed by atoms with E-state index >= 15 is 0 Å². The lowest BCUT2D eigenvalue weighted by Crippen LogP contribution is -2.33. The quantitative estimate of drug-likeness (QED) is 0.781. The molecule has 0 aliphatic heterocycles. The first kappa shape index (κ1) is 15.1. The van der Waals surface area contributed by atoms with Crippen LogP contribution in [0.5, 0.6) is 0 Å². The predicted octanol–water partition coefficient (Wildman–Crippen LogP) is 2.71. The van der Waals surface area contributed by atoms with Crippen molar-refractivity contribution in [3.05, 3.63) is 17.3 Å². The van der Waals surface area contributed by atoms with Gasteiger partial charge >= 0.3 is 0 Å². The first-order chi connectivity index (χ1) is 8.36. The Morgan fingerprint density at radius 1 is 1.39 bits per heavy atom. The van der Waals surface area contributed by atoms with Gasteiger partial charge in [0.2, 0.25) is 0 Å². The van der Waals surface area contributed by atoms with Crippen LogP contribution in [-0.4, -0.2) is 36.6 Å². The van der Waals surface area contributed by atoms with Crippen molar-refractivity contribution >= 4 is 23.1 Å². The van der Waals surface area contributed by atoms with Crippen LogP contribution < -0.4 is 11.1 Å². The van der Waals surface area contributed by atoms with E-state index in [2.05, 4.69) is 43.1 Å². The van der Waals surface area contributed by atoms with Crippen LogP contribution in [0.4, 0.5) is 11.5 Å². The molecule has 0 fully saturated rings. The molecule has 1 atom stereocenters. The molecule has 0 spiro atoms. The van der Waals surface area contributed by atoms with E-state index in [0.717, 1.165) is 18.8 Å². The van der Waals surface area contributed by atoms with Crippen LogP contribution in [0.2, 0.25) is 5.15 Å². The van der Waals surface area contributed by atoms with Gasteiger partial charge in [-0.25, -0.2) is 4.98 Å². The minimum Gasteiger partial charge on any atom is -0.399 e. The van der Waals surface area contributed by atoms with Gasteiger partial charge in [-0.3, -0.25) is 0 Å². The maximum absolute atomic E-state index is 5.90. The predicted molar refractivity (Wildman–Crippen MR) is 79.1 cm³/mol. The zero-order valence-corrected chi connectivity index (χ0v) is 12.3. The van der Waals surface area contributed by atoms with Gasteiger partial charge in [0.15, 0.2) is 0 Å². The number of anilines is 2. The molecule has 1 heterocycles. The Labute approximate surface area is 115 Å². The van der Waals surface area contributed by atoms with Crippen molar-refractivity contribution in [3.63, 3.8) is 0 Å². The van der Waals surface area contributed by atoms with Crippen LogP contribution in [0, 0.1) is 5.92 Å². The SMILES string of the molecule is CC(C)CC(CN(C)C)Nc1cc(N)cc(Cl)n1. The molecule has 1 aromatic heterocycles. The summed E-state index contributed by atoms with van der Waals surface area (Å²) in [5.74, 6) is 1.37. The molecule has 0 aliphatic rings. The minimum absolute atomic E-state index is 0.338. The number of nitrogens with zero attached hydrogens (tertiary/aromatic N) is 2. The van der Waals surface area contributed by atoms with E-state index < -0.39 is 0 Å². The molecule has 0 saturated carbocycles. The fourth-order valence-corrected chi connectivity index (χ4v) is 2.21. The third-order valence-electron chi connectivity index (χ3n) is 2.51. The standard InChI is InChI=1S/C13H23ClN4/c1-9(2)5-11(8-18(3)4)16-13-7-10(15)6-12(14)17-13/h6-7,9,11H,5,8H2,1-4H3,(H3,15,16,17). The number of hydrogen-bond acceptors (Lipinski definition) is 4. The highest BCUT2D eigenvalue weighted by Gasteiger charge is 2.13. The Morgan fingerprint density at radius 2 is 2.06 bits per heavy atom. The van der Waals surface area contributed by atoms with Gasteiger partial charge in [0, 0.05) is 24.3 Å². The summed E-state index contributed by atoms with van der Waals surface area (Å²) in [4.78, 5) is 6.40. The van der Waals surface area contributed by atoms with Gasteiger partial charge in [-0.1, -0.05) is 25.4 Å². The van der Waals surface area contributed by atoms with Crippen molar-refractivity contribution in [3.8, 4) is 0 Å². The first-order valence-corrected chi connectivity index (χ1v) is 6.59. The Morgan fingerprint density at radius 3 is 2.56 bits per heavy atom. The fourth-order valence-electron chi connectivity index (χ4n) is 1.99. The zero-order valence-electron chi connectivity index (χ0n) is 11.6. The second kappa shape index (κ2) is 6.81. The summed E-state index contributed by atoms with van der Waals surface area (Å²) < 4.78 is 0. The second-order valence-electron chi connectivity index (χ2n) is 5.34. The highest BCUT2D eigenvalue weighted by molar-refractivity contribution is 6.29. The summed E-state index contributed by atoms with van der Waals surface area (Å²) in [6, 6.07) is 3.80. The summed E-state index contributed by atoms with van der Waals surface area (Å²) >= 11 is 5.90. The highest BCUT2D eigenvalue weighted by Crippen LogP contribution is 2.18. The Hall–Kier alpha value is -1.00. The van der Waals surface area contributed by atoms with E-state index in [-0.39, 0.29) is 0 Å². The molecule has 0 saturated heterocycles. The normalized spacial score (nSPS) is 13.1. The number of rotatable bonds is 6. The van der Waals surface area contributed by atoms with E-state index in [1.54, 1.807) is 6.07 Å². The molecule has 1 rings (SSSR count). The Kier molecular flexibility index (Phi) is 5.69. The topological polar surface area (TPSA) is 54.2 Å². The molecule has 0 radical (unpaired) electrons. The molecular formula is C13H23ClN4. The van der Waals surface area contributed by atoms with Crippen molar-refractivity contribution in [1.29, 1.82) is 0 Å². The average molecular weight is 271 g/mol. The molecule has 1 unspecified atom stereocenters. The summed E-state index contributed by atoms with van der Waals surface area (Å²) in [6.07, 6.45) is 1.08. The van der Waals surface area contributed by atoms with Gasteiger partial charge in [0.25, 0.3) is 0 Å². The number of pyridine rings is 1. The minimum atomic E-state index is 0.338. The van der Waals surface area contributed by atoms with E-state index in [1.807, 2.05) is 6.07 Å². The largest absolute Gasteiger partial charge is 0.399 e. The molecule has 0 amide bonds. The molecule has 4 nitrogen and oxygen atoms in total. The lowest BCUT2D eigenvalue weighted by atomic mass is 10.0. The zero-order chi connectivity index (χ0) is 13.7. The van der Waals surface area contributed by atoms with E-state index in [1.165, 1.54) is 0 Å². The van der Waals surface area contributed by atoms with E-state index in [0.29, 0.717) is 22.8 Å². The van der Waals surface area contributed by atoms with Crippen LogP contribution in [0.25, 0.3) is 0 Å². The molecule has 0 aliphatic carbocycles. The number of nitrogen functional groups attached to an aromatic ring is 1. The number of hydrogen-bond donors (Lipinski definition) is 2. The van der Waals surface area contributed by atoms with Crippen molar-refractivity contribution in [2.75, 3.05) is 31.7 Å². The fraction of sp³-hybridized carbons (Fsp3) is 0.615. The second-order valence-corrected chi connectivity index (χ2v) is 5.73. The number of halogens is 1. The van der Waals surface area contributed by atoms with Gasteiger partial charge in [0.1, 0.15) is 11.0 Å². The third-order valence-corrected chi connectivity index (χ3v) is 2.70. The third kappa shape index (κ3) is 5.56. The summed E-state index contributed by atoms with van der Waals surface area (Å²) in [5, 5.41) is 3.83. The lowest BCUT2D eigenvalue weighted by molar-refractivity contribution is 0.356. The number of aromatic nitrogens is 1.